The van der Waals surface area contributed by atoms with E-state index in [4.69, 9.17) is 0 Å². The molecule has 0 saturated carbocycles. The average molecular weight is 503 g/mol. The molecule has 9 nitrogen and oxygen atoms in total. The molecule has 2 aliphatic heterocycles. The Morgan fingerprint density at radius 3 is 2.63 bits per heavy atom. The van der Waals surface area contributed by atoms with Crippen LogP contribution in [0.4, 0.5) is 5.69 Å². The summed E-state index contributed by atoms with van der Waals surface area (Å²) in [7, 11) is 2.33. The van der Waals surface area contributed by atoms with E-state index < -0.39 is 10.8 Å². The SMILES string of the molecule is CN(C)C(=O)c1cccc([C@@H](CN2CC[C@H](O)C2)N(C)C(=O)Cc2ccc3c(c2)NS(O)(O)C3)c1. The maximum absolute atomic E-state index is 13.4. The number of hydrogen-bond donors (Lipinski definition) is 4. The van der Waals surface area contributed by atoms with E-state index >= 15 is 0 Å². The number of carbonyl (C=O) groups is 2. The first-order valence-electron chi connectivity index (χ1n) is 11.7. The van der Waals surface area contributed by atoms with E-state index in [-0.39, 0.29) is 36.1 Å². The summed E-state index contributed by atoms with van der Waals surface area (Å²) in [5.74, 6) is -0.0289. The van der Waals surface area contributed by atoms with Crippen molar-refractivity contribution in [1.82, 2.24) is 14.7 Å². The number of fused-ring (bicyclic) bond motifs is 1. The number of aliphatic hydroxyl groups is 1. The molecule has 0 bridgehead atoms. The maximum Gasteiger partial charge on any atom is 0.253 e. The van der Waals surface area contributed by atoms with Crippen LogP contribution in [-0.2, 0) is 17.0 Å². The first kappa shape index (κ1) is 25.5. The molecule has 190 valence electrons. The molecule has 0 radical (unpaired) electrons. The highest BCUT2D eigenvalue weighted by Gasteiger charge is 2.29. The average Bonchev–Trinajstić information content (AvgIpc) is 3.36. The fourth-order valence-electron chi connectivity index (χ4n) is 4.67. The van der Waals surface area contributed by atoms with Crippen LogP contribution >= 0.6 is 10.8 Å². The summed E-state index contributed by atoms with van der Waals surface area (Å²) >= 11 is 0. The van der Waals surface area contributed by atoms with Gasteiger partial charge in [-0.05, 0) is 41.3 Å². The first-order chi connectivity index (χ1) is 16.5. The molecule has 2 aromatic carbocycles. The van der Waals surface area contributed by atoms with Gasteiger partial charge in [-0.3, -0.25) is 28.3 Å². The molecule has 2 amide bonds. The van der Waals surface area contributed by atoms with Gasteiger partial charge in [0.15, 0.2) is 0 Å². The summed E-state index contributed by atoms with van der Waals surface area (Å²) in [6.45, 7) is 1.85. The van der Waals surface area contributed by atoms with Crippen LogP contribution in [-0.4, -0.2) is 87.6 Å². The van der Waals surface area contributed by atoms with Crippen LogP contribution in [0, 0.1) is 0 Å². The Labute approximate surface area is 207 Å². The third-order valence-corrected chi connectivity index (χ3v) is 7.88. The van der Waals surface area contributed by atoms with Crippen LogP contribution in [0.25, 0.3) is 0 Å². The molecule has 10 heteroatoms. The molecule has 0 aromatic heterocycles. The number of rotatable bonds is 7. The lowest BCUT2D eigenvalue weighted by atomic mass is 10.0. The lowest BCUT2D eigenvalue weighted by Crippen LogP contribution is -2.39. The lowest BCUT2D eigenvalue weighted by molar-refractivity contribution is -0.131. The normalized spacial score (nSPS) is 20.6. The zero-order valence-corrected chi connectivity index (χ0v) is 21.2. The van der Waals surface area contributed by atoms with Gasteiger partial charge in [-0.25, -0.2) is 0 Å². The summed E-state index contributed by atoms with van der Waals surface area (Å²) < 4.78 is 22.6. The number of β-amino-alcohol motifs (C(OH)–C–C–N with tert-alkyl or cyclic N) is 1. The van der Waals surface area contributed by atoms with Gasteiger partial charge in [0.1, 0.15) is 0 Å². The van der Waals surface area contributed by atoms with E-state index in [1.165, 1.54) is 4.90 Å². The minimum absolute atomic E-state index is 0.0939. The van der Waals surface area contributed by atoms with Crippen molar-refractivity contribution in [3.8, 4) is 0 Å². The van der Waals surface area contributed by atoms with E-state index in [0.29, 0.717) is 30.8 Å². The zero-order valence-electron chi connectivity index (χ0n) is 20.3. The van der Waals surface area contributed by atoms with Crippen molar-refractivity contribution in [2.24, 2.45) is 0 Å². The van der Waals surface area contributed by atoms with E-state index in [1.807, 2.05) is 30.3 Å². The van der Waals surface area contributed by atoms with E-state index in [9.17, 15) is 23.8 Å². The fraction of sp³-hybridized carbons (Fsp3) is 0.440. The second-order valence-corrected chi connectivity index (χ2v) is 11.5. The standard InChI is InChI=1S/C25H34N4O5S/c1-27(2)25(32)19-6-4-5-18(13-19)23(15-29-10-9-21(30)14-29)28(3)24(31)12-17-7-8-20-16-35(33,34)26-22(20)11-17/h4-8,11,13,21,23,26,30,33-34H,9-10,12,14-16H2,1-3H3/t21-,23+/m0/s1. The van der Waals surface area contributed by atoms with Crippen molar-refractivity contribution in [2.75, 3.05) is 45.5 Å². The van der Waals surface area contributed by atoms with Gasteiger partial charge in [0.05, 0.1) is 30.0 Å². The Bertz CT molecular complexity index is 1110. The number of likely N-dealkylation sites (tertiary alicyclic amines) is 1. The minimum atomic E-state index is -2.85. The van der Waals surface area contributed by atoms with E-state index in [2.05, 4.69) is 9.62 Å². The predicted molar refractivity (Wildman–Crippen MR) is 137 cm³/mol. The quantitative estimate of drug-likeness (QED) is 0.460. The summed E-state index contributed by atoms with van der Waals surface area (Å²) in [6.07, 6.45) is 0.481. The summed E-state index contributed by atoms with van der Waals surface area (Å²) in [4.78, 5) is 31.3. The second-order valence-electron chi connectivity index (χ2n) is 9.63. The number of hydrogen-bond acceptors (Lipinski definition) is 7. The highest BCUT2D eigenvalue weighted by atomic mass is 32.3. The molecular weight excluding hydrogens is 468 g/mol. The van der Waals surface area contributed by atoms with Crippen LogP contribution in [0.15, 0.2) is 42.5 Å². The number of likely N-dealkylation sites (N-methyl/N-ethyl adjacent to an activating group) is 1. The first-order valence-corrected chi connectivity index (χ1v) is 13.4. The second kappa shape index (κ2) is 10.2. The Kier molecular flexibility index (Phi) is 7.39. The van der Waals surface area contributed by atoms with Gasteiger partial charge in [-0.15, -0.1) is 10.8 Å². The number of nitrogens with zero attached hydrogens (tertiary/aromatic N) is 3. The minimum Gasteiger partial charge on any atom is -0.392 e. The molecule has 4 N–H and O–H groups in total. The molecule has 2 heterocycles. The van der Waals surface area contributed by atoms with E-state index in [0.717, 1.165) is 23.2 Å². The highest BCUT2D eigenvalue weighted by molar-refractivity contribution is 8.25. The largest absolute Gasteiger partial charge is 0.392 e. The summed E-state index contributed by atoms with van der Waals surface area (Å²) in [6, 6.07) is 12.5. The number of nitrogens with one attached hydrogen (secondary N) is 1. The van der Waals surface area contributed by atoms with Gasteiger partial charge in [0.2, 0.25) is 5.91 Å². The summed E-state index contributed by atoms with van der Waals surface area (Å²) in [5, 5.41) is 10.0. The van der Waals surface area contributed by atoms with E-state index in [1.54, 1.807) is 38.2 Å². The Balaban J connectivity index is 1.56. The third kappa shape index (κ3) is 5.96. The summed E-state index contributed by atoms with van der Waals surface area (Å²) in [5.41, 5.74) is 3.66. The van der Waals surface area contributed by atoms with Crippen molar-refractivity contribution in [3.63, 3.8) is 0 Å². The molecule has 35 heavy (non-hydrogen) atoms. The molecule has 1 saturated heterocycles. The van der Waals surface area contributed by atoms with Crippen molar-refractivity contribution in [1.29, 1.82) is 0 Å². The predicted octanol–water partition coefficient (Wildman–Crippen LogP) is 2.79. The van der Waals surface area contributed by atoms with Crippen LogP contribution in [0.2, 0.25) is 0 Å². The van der Waals surface area contributed by atoms with Gasteiger partial charge in [0.25, 0.3) is 5.91 Å². The molecule has 4 rings (SSSR count). The van der Waals surface area contributed by atoms with Crippen molar-refractivity contribution >= 4 is 28.3 Å². The van der Waals surface area contributed by atoms with Gasteiger partial charge < -0.3 is 14.9 Å². The Morgan fingerprint density at radius 1 is 1.17 bits per heavy atom. The topological polar surface area (TPSA) is 117 Å². The van der Waals surface area contributed by atoms with Gasteiger partial charge in [-0.1, -0.05) is 24.3 Å². The van der Waals surface area contributed by atoms with Crippen LogP contribution in [0.5, 0.6) is 0 Å². The van der Waals surface area contributed by atoms with Crippen molar-refractivity contribution in [3.05, 3.63) is 64.7 Å². The number of amides is 2. The molecule has 0 aliphatic carbocycles. The van der Waals surface area contributed by atoms with Crippen LogP contribution < -0.4 is 4.72 Å². The molecule has 0 spiro atoms. The molecular formula is C25H34N4O5S. The smallest absolute Gasteiger partial charge is 0.253 e. The molecule has 1 fully saturated rings. The number of carbonyl (C=O) groups excluding carboxylic acids is 2. The zero-order chi connectivity index (χ0) is 25.3. The van der Waals surface area contributed by atoms with Gasteiger partial charge in [-0.2, -0.15) is 0 Å². The van der Waals surface area contributed by atoms with Crippen molar-refractivity contribution < 1.29 is 23.8 Å². The molecule has 2 aromatic rings. The van der Waals surface area contributed by atoms with Crippen LogP contribution in [0.1, 0.15) is 39.5 Å². The third-order valence-electron chi connectivity index (χ3n) is 6.62. The Morgan fingerprint density at radius 2 is 1.94 bits per heavy atom. The van der Waals surface area contributed by atoms with Crippen LogP contribution in [0.3, 0.4) is 0 Å². The Hall–Kier alpha value is -2.63. The van der Waals surface area contributed by atoms with Crippen molar-refractivity contribution in [2.45, 2.75) is 30.7 Å². The fourth-order valence-corrected chi connectivity index (χ4v) is 5.97. The highest BCUT2D eigenvalue weighted by Crippen LogP contribution is 2.50. The molecule has 2 atom stereocenters. The molecule has 0 unspecified atom stereocenters. The number of benzene rings is 2. The van der Waals surface area contributed by atoms with Gasteiger partial charge >= 0.3 is 0 Å². The lowest BCUT2D eigenvalue weighted by Gasteiger charge is -2.32. The maximum atomic E-state index is 13.4. The monoisotopic (exact) mass is 502 g/mol. The number of anilines is 1. The number of aliphatic hydroxyl groups excluding tert-OH is 1. The van der Waals surface area contributed by atoms with Gasteiger partial charge in [0, 0.05) is 46.3 Å². The molecule has 2 aliphatic rings.